The number of para-hydroxylation sites is 1. The minimum absolute atomic E-state index is 0.0732. The van der Waals surface area contributed by atoms with Crippen LogP contribution in [0, 0.1) is 0 Å². The monoisotopic (exact) mass is 270 g/mol. The molecule has 2 aromatic carbocycles. The molecule has 1 fully saturated rings. The molecule has 3 rings (SSSR count). The van der Waals surface area contributed by atoms with Crippen LogP contribution >= 0.6 is 0 Å². The molecule has 1 N–H and O–H groups in total. The summed E-state index contributed by atoms with van der Waals surface area (Å²) in [7, 11) is 0. The maximum absolute atomic E-state index is 10.2. The van der Waals surface area contributed by atoms with Gasteiger partial charge >= 0.3 is 0 Å². The standard InChI is InChI=1S/C17H18O3/c18-17(16-7-4-12-19-16)13-8-10-15(11-9-13)20-14-5-2-1-3-6-14/h1-3,5-6,8-11,16-18H,4,7,12H2. The first-order chi connectivity index (χ1) is 9.83. The molecule has 1 heterocycles. The smallest absolute Gasteiger partial charge is 0.127 e. The fraction of sp³-hybridized carbons (Fsp3) is 0.294. The van der Waals surface area contributed by atoms with E-state index >= 15 is 0 Å². The Labute approximate surface area is 118 Å². The number of hydrogen-bond acceptors (Lipinski definition) is 3. The summed E-state index contributed by atoms with van der Waals surface area (Å²) in [4.78, 5) is 0. The van der Waals surface area contributed by atoms with Crippen molar-refractivity contribution >= 4 is 0 Å². The first-order valence-corrected chi connectivity index (χ1v) is 6.95. The third-order valence-electron chi connectivity index (χ3n) is 3.52. The Morgan fingerprint density at radius 1 is 1.00 bits per heavy atom. The van der Waals surface area contributed by atoms with Crippen molar-refractivity contribution in [3.63, 3.8) is 0 Å². The van der Waals surface area contributed by atoms with E-state index in [4.69, 9.17) is 9.47 Å². The van der Waals surface area contributed by atoms with Crippen molar-refractivity contribution in [2.45, 2.75) is 25.0 Å². The Hall–Kier alpha value is -1.84. The molecule has 2 aromatic rings. The van der Waals surface area contributed by atoms with Crippen LogP contribution in [0.15, 0.2) is 54.6 Å². The molecule has 0 bridgehead atoms. The summed E-state index contributed by atoms with van der Waals surface area (Å²) in [6, 6.07) is 17.2. The maximum Gasteiger partial charge on any atom is 0.127 e. The summed E-state index contributed by atoms with van der Waals surface area (Å²) in [6.07, 6.45) is 1.32. The van der Waals surface area contributed by atoms with Crippen LogP contribution in [0.4, 0.5) is 0 Å². The second kappa shape index (κ2) is 6.07. The van der Waals surface area contributed by atoms with Gasteiger partial charge in [-0.1, -0.05) is 30.3 Å². The zero-order valence-electron chi connectivity index (χ0n) is 11.2. The first-order valence-electron chi connectivity index (χ1n) is 6.95. The molecule has 2 unspecified atom stereocenters. The highest BCUT2D eigenvalue weighted by molar-refractivity contribution is 5.33. The van der Waals surface area contributed by atoms with Gasteiger partial charge in [-0.2, -0.15) is 0 Å². The van der Waals surface area contributed by atoms with Crippen LogP contribution in [0.1, 0.15) is 24.5 Å². The van der Waals surface area contributed by atoms with E-state index < -0.39 is 6.10 Å². The van der Waals surface area contributed by atoms with Crippen molar-refractivity contribution < 1.29 is 14.6 Å². The van der Waals surface area contributed by atoms with Gasteiger partial charge in [0.25, 0.3) is 0 Å². The fourth-order valence-electron chi connectivity index (χ4n) is 2.42. The average Bonchev–Trinajstić information content (AvgIpc) is 3.03. The lowest BCUT2D eigenvalue weighted by molar-refractivity contribution is -0.00259. The van der Waals surface area contributed by atoms with Gasteiger partial charge in [-0.15, -0.1) is 0 Å². The average molecular weight is 270 g/mol. The van der Waals surface area contributed by atoms with Crippen molar-refractivity contribution in [2.24, 2.45) is 0 Å². The SMILES string of the molecule is OC(c1ccc(Oc2ccccc2)cc1)C1CCCO1. The van der Waals surface area contributed by atoms with Gasteiger partial charge in [0.05, 0.1) is 6.10 Å². The Kier molecular flexibility index (Phi) is 4.00. The molecule has 2 atom stereocenters. The van der Waals surface area contributed by atoms with E-state index in [9.17, 15) is 5.11 Å². The molecule has 104 valence electrons. The molecule has 1 aliphatic rings. The molecule has 20 heavy (non-hydrogen) atoms. The quantitative estimate of drug-likeness (QED) is 0.920. The van der Waals surface area contributed by atoms with Crippen molar-refractivity contribution in [1.82, 2.24) is 0 Å². The van der Waals surface area contributed by atoms with Crippen LogP contribution in [0.2, 0.25) is 0 Å². The zero-order valence-corrected chi connectivity index (χ0v) is 11.2. The molecule has 0 saturated carbocycles. The summed E-state index contributed by atoms with van der Waals surface area (Å²) in [5, 5.41) is 10.2. The van der Waals surface area contributed by atoms with E-state index in [0.29, 0.717) is 0 Å². The minimum atomic E-state index is -0.553. The minimum Gasteiger partial charge on any atom is -0.457 e. The van der Waals surface area contributed by atoms with Crippen molar-refractivity contribution in [1.29, 1.82) is 0 Å². The van der Waals surface area contributed by atoms with Crippen molar-refractivity contribution in [3.8, 4) is 11.5 Å². The van der Waals surface area contributed by atoms with E-state index in [1.165, 1.54) is 0 Å². The molecule has 0 amide bonds. The van der Waals surface area contributed by atoms with Gasteiger partial charge in [0.1, 0.15) is 17.6 Å². The van der Waals surface area contributed by atoms with Crippen LogP contribution < -0.4 is 4.74 Å². The van der Waals surface area contributed by atoms with E-state index in [-0.39, 0.29) is 6.10 Å². The highest BCUT2D eigenvalue weighted by atomic mass is 16.5. The van der Waals surface area contributed by atoms with Crippen LogP contribution in [0.3, 0.4) is 0 Å². The Balaban J connectivity index is 1.68. The molecular formula is C17H18O3. The molecule has 0 aromatic heterocycles. The summed E-state index contributed by atoms with van der Waals surface area (Å²) < 4.78 is 11.2. The van der Waals surface area contributed by atoms with Gasteiger partial charge in [-0.25, -0.2) is 0 Å². The maximum atomic E-state index is 10.2. The molecule has 3 heteroatoms. The summed E-state index contributed by atoms with van der Waals surface area (Å²) in [6.45, 7) is 0.747. The summed E-state index contributed by atoms with van der Waals surface area (Å²) in [5.41, 5.74) is 0.873. The molecular weight excluding hydrogens is 252 g/mol. The van der Waals surface area contributed by atoms with E-state index in [1.807, 2.05) is 54.6 Å². The largest absolute Gasteiger partial charge is 0.457 e. The van der Waals surface area contributed by atoms with E-state index in [2.05, 4.69) is 0 Å². The lowest BCUT2D eigenvalue weighted by Gasteiger charge is -2.18. The number of aliphatic hydroxyl groups is 1. The molecule has 0 radical (unpaired) electrons. The van der Waals surface area contributed by atoms with Gasteiger partial charge in [-0.05, 0) is 42.7 Å². The van der Waals surface area contributed by atoms with Gasteiger partial charge in [0, 0.05) is 6.61 Å². The molecule has 3 nitrogen and oxygen atoms in total. The molecule has 1 saturated heterocycles. The topological polar surface area (TPSA) is 38.7 Å². The van der Waals surface area contributed by atoms with Crippen molar-refractivity contribution in [2.75, 3.05) is 6.61 Å². The van der Waals surface area contributed by atoms with Gasteiger partial charge < -0.3 is 14.6 Å². The Morgan fingerprint density at radius 3 is 2.35 bits per heavy atom. The first kappa shape index (κ1) is 13.2. The Morgan fingerprint density at radius 2 is 1.70 bits per heavy atom. The van der Waals surface area contributed by atoms with E-state index in [1.54, 1.807) is 0 Å². The van der Waals surface area contributed by atoms with E-state index in [0.717, 1.165) is 36.5 Å². The second-order valence-corrected chi connectivity index (χ2v) is 4.98. The number of benzene rings is 2. The second-order valence-electron chi connectivity index (χ2n) is 4.98. The Bertz CT molecular complexity index is 530. The predicted octanol–water partition coefficient (Wildman–Crippen LogP) is 3.69. The van der Waals surface area contributed by atoms with Crippen LogP contribution in [0.5, 0.6) is 11.5 Å². The van der Waals surface area contributed by atoms with Gasteiger partial charge in [-0.3, -0.25) is 0 Å². The zero-order chi connectivity index (χ0) is 13.8. The number of ether oxygens (including phenoxy) is 2. The summed E-state index contributed by atoms with van der Waals surface area (Å²) in [5.74, 6) is 1.57. The molecule has 1 aliphatic heterocycles. The number of aliphatic hydroxyl groups excluding tert-OH is 1. The van der Waals surface area contributed by atoms with Gasteiger partial charge in [0.2, 0.25) is 0 Å². The van der Waals surface area contributed by atoms with Crippen molar-refractivity contribution in [3.05, 3.63) is 60.2 Å². The normalized spacial score (nSPS) is 19.8. The highest BCUT2D eigenvalue weighted by Gasteiger charge is 2.25. The highest BCUT2D eigenvalue weighted by Crippen LogP contribution is 2.29. The molecule has 0 spiro atoms. The van der Waals surface area contributed by atoms with Crippen LogP contribution in [-0.2, 0) is 4.74 Å². The lowest BCUT2D eigenvalue weighted by Crippen LogP contribution is -2.16. The third kappa shape index (κ3) is 3.00. The number of hydrogen-bond donors (Lipinski definition) is 1. The van der Waals surface area contributed by atoms with Crippen LogP contribution in [-0.4, -0.2) is 17.8 Å². The molecule has 0 aliphatic carbocycles. The third-order valence-corrected chi connectivity index (χ3v) is 3.52. The fourth-order valence-corrected chi connectivity index (χ4v) is 2.42. The lowest BCUT2D eigenvalue weighted by atomic mass is 10.0. The summed E-state index contributed by atoms with van der Waals surface area (Å²) >= 11 is 0. The predicted molar refractivity (Wildman–Crippen MR) is 76.9 cm³/mol. The van der Waals surface area contributed by atoms with Crippen LogP contribution in [0.25, 0.3) is 0 Å². The van der Waals surface area contributed by atoms with Gasteiger partial charge in [0.15, 0.2) is 0 Å². The number of rotatable bonds is 4.